The molecule has 6 aliphatic rings. The summed E-state index contributed by atoms with van der Waals surface area (Å²) < 4.78 is 122. The van der Waals surface area contributed by atoms with Crippen LogP contribution in [0.1, 0.15) is 136 Å². The van der Waals surface area contributed by atoms with Gasteiger partial charge < -0.3 is 58.7 Å². The molecule has 12 heterocycles. The molecule has 111 heavy (non-hydrogen) atoms. The second-order valence-electron chi connectivity index (χ2n) is 25.7. The van der Waals surface area contributed by atoms with Crippen LogP contribution in [0.25, 0.3) is 0 Å². The van der Waals surface area contributed by atoms with Crippen molar-refractivity contribution in [3.63, 3.8) is 0 Å². The molecule has 6 fully saturated rings. The molecule has 0 amide bonds. The van der Waals surface area contributed by atoms with Crippen molar-refractivity contribution in [2.45, 2.75) is 213 Å². The van der Waals surface area contributed by atoms with E-state index in [4.69, 9.17) is 38.6 Å². The van der Waals surface area contributed by atoms with Gasteiger partial charge in [-0.25, -0.2) is 55.1 Å². The van der Waals surface area contributed by atoms with E-state index in [1.165, 1.54) is 44.6 Å². The third kappa shape index (κ3) is 21.4. The summed E-state index contributed by atoms with van der Waals surface area (Å²) in [7, 11) is 0. The number of rotatable bonds is 14. The lowest BCUT2D eigenvalue weighted by molar-refractivity contribution is -0.136. The second kappa shape index (κ2) is 42.0. The molecule has 0 aromatic carbocycles. The number of carbonyl (C=O) groups excluding carboxylic acids is 1. The minimum absolute atomic E-state index is 0. The van der Waals surface area contributed by atoms with Gasteiger partial charge in [0.15, 0.2) is 74.4 Å². The number of aliphatic hydroxyl groups excluding tert-OH is 5. The Morgan fingerprint density at radius 1 is 0.405 bits per heavy atom. The van der Waals surface area contributed by atoms with E-state index in [1.807, 2.05) is 40.7 Å². The molecule has 44 heteroatoms. The number of ether oxygens (including phenoxy) is 6. The average molecular weight is 1600 g/mol. The van der Waals surface area contributed by atoms with Crippen LogP contribution in [0, 0.1) is 29.6 Å². The summed E-state index contributed by atoms with van der Waals surface area (Å²) in [6, 6.07) is 6.70. The lowest BCUT2D eigenvalue weighted by Crippen LogP contribution is -2.43. The van der Waals surface area contributed by atoms with E-state index < -0.39 is 215 Å². The van der Waals surface area contributed by atoms with E-state index in [9.17, 15) is 104 Å². The summed E-state index contributed by atoms with van der Waals surface area (Å²) in [5.41, 5.74) is -9.75. The average Bonchev–Trinajstić information content (AvgIpc) is 1.62. The highest BCUT2D eigenvalue weighted by Gasteiger charge is 2.55. The Hall–Kier alpha value is -9.12. The molecule has 22 atom stereocenters. The van der Waals surface area contributed by atoms with Crippen molar-refractivity contribution in [2.75, 3.05) is 26.4 Å². The summed E-state index contributed by atoms with van der Waals surface area (Å²) in [4.78, 5) is 157. The zero-order valence-electron chi connectivity index (χ0n) is 59.1. The normalized spacial score (nSPS) is 30.2. The first-order valence-corrected chi connectivity index (χ1v) is 33.3. The summed E-state index contributed by atoms with van der Waals surface area (Å²) in [6.07, 6.45) is -10.4. The SMILES string of the molecule is C.C.C.CCC1(CC)O[C@@H](n2ccc(=O)[nH]c2=O)[C@H](F)[C@@H]1C.CC[C@H]1O[C@@H](n2ccc(=O)[nH]c2=O)[C@H](F)[C@@H]1C.C[C@H]1[C@@H](F)[C@H](n2ccc(=O)[nH]c2=O)OC1(CO)CO.C[C@H]1[C@@H](F)[C@H](n2ccc(=O)[nH]c2=O)O[C@@H]1C=O.C[C@H]1[C@@H](F)[C@H](n2ccc(=O)[nH]c2=O)O[C@@H]1CO.F.O=c1ccn([C@@H]2O[C@H](CO)[C@@H](O)[C@H]2F)c(=O)[nH]1.[2HH].[B]. The number of halogens is 7. The second-order valence-corrected chi connectivity index (χ2v) is 25.7. The lowest BCUT2D eigenvalue weighted by Gasteiger charge is -2.30. The van der Waals surface area contributed by atoms with Crippen molar-refractivity contribution in [1.29, 1.82) is 0 Å². The van der Waals surface area contributed by atoms with Crippen LogP contribution in [-0.2, 0) is 33.2 Å². The Kier molecular flexibility index (Phi) is 37.0. The molecule has 0 bridgehead atoms. The molecular weight excluding hydrogens is 1500 g/mol. The van der Waals surface area contributed by atoms with Crippen LogP contribution < -0.4 is 67.5 Å². The highest BCUT2D eigenvalue weighted by molar-refractivity contribution is 5.75. The molecule has 12 rings (SSSR count). The Labute approximate surface area is 629 Å². The molecule has 623 valence electrons. The number of H-pyrrole nitrogens is 6. The molecule has 0 spiro atoms. The Morgan fingerprint density at radius 3 is 0.901 bits per heavy atom. The molecule has 6 aromatic rings. The van der Waals surface area contributed by atoms with Gasteiger partial charge in [-0.3, -0.25) is 90.8 Å². The number of hydrogen-bond acceptors (Lipinski definition) is 24. The third-order valence-corrected chi connectivity index (χ3v) is 19.5. The van der Waals surface area contributed by atoms with E-state index in [-0.39, 0.29) is 61.4 Å². The first-order chi connectivity index (χ1) is 50.1. The Balaban J connectivity index is 0.000000665. The maximum atomic E-state index is 14.4. The van der Waals surface area contributed by atoms with Gasteiger partial charge in [-0.2, -0.15) is 0 Å². The van der Waals surface area contributed by atoms with Crippen molar-refractivity contribution in [3.05, 3.63) is 199 Å². The van der Waals surface area contributed by atoms with E-state index in [1.54, 1.807) is 20.8 Å². The predicted octanol–water partition coefficient (Wildman–Crippen LogP) is 0.238. The van der Waals surface area contributed by atoms with Crippen molar-refractivity contribution in [1.82, 2.24) is 57.3 Å². The fourth-order valence-electron chi connectivity index (χ4n) is 12.6. The number of nitrogens with one attached hydrogen (secondary N) is 6. The van der Waals surface area contributed by atoms with Crippen molar-refractivity contribution < 1.29 is 91.2 Å². The van der Waals surface area contributed by atoms with Gasteiger partial charge >= 0.3 is 34.1 Å². The smallest absolute Gasteiger partial charge is 0.330 e. The third-order valence-electron chi connectivity index (χ3n) is 19.5. The van der Waals surface area contributed by atoms with E-state index in [0.29, 0.717) is 25.5 Å². The molecule has 11 N–H and O–H groups in total. The number of alkyl halides is 6. The summed E-state index contributed by atoms with van der Waals surface area (Å²) in [6.45, 7) is 12.0. The largest absolute Gasteiger partial charge is 0.394 e. The number of carbonyl (C=O) groups is 1. The van der Waals surface area contributed by atoms with E-state index in [0.717, 1.165) is 70.3 Å². The van der Waals surface area contributed by atoms with Gasteiger partial charge in [-0.05, 0) is 19.3 Å². The van der Waals surface area contributed by atoms with Crippen LogP contribution >= 0.6 is 0 Å². The molecule has 6 aromatic heterocycles. The zero-order chi connectivity index (χ0) is 78.7. The van der Waals surface area contributed by atoms with Gasteiger partial charge in [-0.15, -0.1) is 0 Å². The number of aliphatic hydroxyl groups is 5. The van der Waals surface area contributed by atoms with Crippen LogP contribution in [-0.4, -0.2) is 203 Å². The van der Waals surface area contributed by atoms with Gasteiger partial charge in [0, 0.05) is 113 Å². The Bertz CT molecular complexity index is 4400. The van der Waals surface area contributed by atoms with Gasteiger partial charge in [0.05, 0.1) is 44.2 Å². The number of aromatic nitrogens is 12. The molecule has 0 unspecified atom stereocenters. The highest BCUT2D eigenvalue weighted by atomic mass is 19.2. The summed E-state index contributed by atoms with van der Waals surface area (Å²) in [5, 5.41) is 45.8. The highest BCUT2D eigenvalue weighted by Crippen LogP contribution is 2.47. The van der Waals surface area contributed by atoms with Crippen molar-refractivity contribution in [3.8, 4) is 0 Å². The van der Waals surface area contributed by atoms with Gasteiger partial charge in [0.2, 0.25) is 0 Å². The molecule has 6 saturated heterocycles. The van der Waals surface area contributed by atoms with Gasteiger partial charge in [0.1, 0.15) is 30.2 Å². The lowest BCUT2D eigenvalue weighted by atomic mass is 9.83. The predicted molar refractivity (Wildman–Crippen MR) is 386 cm³/mol. The van der Waals surface area contributed by atoms with E-state index >= 15 is 0 Å². The first kappa shape index (κ1) is 98.0. The summed E-state index contributed by atoms with van der Waals surface area (Å²) in [5.74, 6) is -2.50. The van der Waals surface area contributed by atoms with Crippen molar-refractivity contribution >= 4 is 14.7 Å². The minimum atomic E-state index is -1.85. The standard InChI is InChI=1S/C13H19FN2O3.C11H15FN2O5.C11H15FN2O3.C10H13FN2O4.C10H11FN2O4.C9H11FN2O5.3CH4.B.FH.H2/c1-4-13(5-2)8(3)10(14)11(19-13)16-7-6-9(17)15-12(16)18;1-6-8(12)9(19-11(6,4-15)5-16)14-3-2-7(17)13-10(14)18;1-3-7-6(2)9(12)10(17-7)14-5-4-8(15)13-11(14)16;2*1-5-6(4-14)17-9(8(5)11)13-3-2-7(15)12-10(13)16;10-6-7(15)4(3-13)17-8(6)12-2-1-5(14)11-9(12)16;;;;;;/h6-8,10-11H,4-5H2,1-3H3,(H,15,17,18);2-3,6,8-9,15-16H,4-5H2,1H3,(H,13,17,18);4-7,9-10H,3H2,1-2H3,(H,13,15,16);2-3,5-6,8-9,14H,4H2,1H3,(H,12,15,16);2-6,8-9H,1H3,(H,12,15,16);1-2,4,6-8,13,15H,3H2,(H,11,14,16);3*1H4;;2*1H/t8-,10+,11+;6-,8+,9+;6-,7-,9-,10-;2*5-,6-,8-,9-;4-,6-,7-,8-;;;;;;/m001111....../s1/i;;;;;;;;;;;1+1. The van der Waals surface area contributed by atoms with Crippen LogP contribution in [0.15, 0.2) is 131 Å². The summed E-state index contributed by atoms with van der Waals surface area (Å²) >= 11 is 0. The van der Waals surface area contributed by atoms with Crippen LogP contribution in [0.4, 0.5) is 31.0 Å². The number of nitrogens with zero attached hydrogens (tertiary/aromatic N) is 6. The maximum absolute atomic E-state index is 14.4. The van der Waals surface area contributed by atoms with Crippen molar-refractivity contribution in [2.24, 2.45) is 29.6 Å². The quantitative estimate of drug-likeness (QED) is 0.0395. The van der Waals surface area contributed by atoms with Crippen LogP contribution in [0.5, 0.6) is 0 Å². The Morgan fingerprint density at radius 2 is 0.667 bits per heavy atom. The van der Waals surface area contributed by atoms with E-state index in [2.05, 4.69) is 9.97 Å². The minimum Gasteiger partial charge on any atom is -0.394 e. The monoisotopic (exact) mass is 1600 g/mol. The fraction of sp³-hybridized carbons (Fsp3) is 0.627. The molecule has 0 saturated carbocycles. The van der Waals surface area contributed by atoms with Crippen LogP contribution in [0.3, 0.4) is 0 Å². The number of aromatic amines is 6. The molecule has 6 aliphatic heterocycles. The van der Waals surface area contributed by atoms with Crippen LogP contribution in [0.2, 0.25) is 0 Å². The first-order valence-electron chi connectivity index (χ1n) is 33.3. The fourth-order valence-corrected chi connectivity index (χ4v) is 12.6. The topological polar surface area (TPSA) is 503 Å². The molecular formula is C67H99BF7N12O24. The maximum Gasteiger partial charge on any atom is 0.330 e. The number of aldehydes is 1. The molecule has 36 nitrogen and oxygen atoms in total. The van der Waals surface area contributed by atoms with Gasteiger partial charge in [-0.1, -0.05) is 77.7 Å². The molecule has 3 radical (unpaired) electrons. The number of hydrogen-bond donors (Lipinski definition) is 11. The zero-order valence-corrected chi connectivity index (χ0v) is 59.1. The van der Waals surface area contributed by atoms with Gasteiger partial charge in [0.25, 0.3) is 33.4 Å². The molecule has 0 aliphatic carbocycles.